The maximum absolute atomic E-state index is 12.6. The lowest BCUT2D eigenvalue weighted by Gasteiger charge is -2.48. The summed E-state index contributed by atoms with van der Waals surface area (Å²) in [7, 11) is 0. The van der Waals surface area contributed by atoms with Crippen LogP contribution in [0.3, 0.4) is 0 Å². The molecule has 0 aromatic heterocycles. The van der Waals surface area contributed by atoms with Crippen molar-refractivity contribution in [3.8, 4) is 0 Å². The van der Waals surface area contributed by atoms with Gasteiger partial charge in [-0.15, -0.1) is 11.8 Å². The van der Waals surface area contributed by atoms with E-state index in [1.54, 1.807) is 13.8 Å². The monoisotopic (exact) mass is 395 g/mol. The lowest BCUT2D eigenvalue weighted by molar-refractivity contribution is -0.384. The first-order valence-electron chi connectivity index (χ1n) is 7.93. The van der Waals surface area contributed by atoms with E-state index < -0.39 is 44.5 Å². The molecule has 10 nitrogen and oxygen atoms in total. The number of carboxylic acids is 1. The summed E-state index contributed by atoms with van der Waals surface area (Å²) in [6.07, 6.45) is 0. The second kappa shape index (κ2) is 6.20. The zero-order chi connectivity index (χ0) is 20.1. The molecule has 2 saturated heterocycles. The molecule has 2 heterocycles. The highest BCUT2D eigenvalue weighted by Crippen LogP contribution is 2.54. The largest absolute Gasteiger partial charge is 0.479 e. The van der Waals surface area contributed by atoms with Crippen LogP contribution in [0.4, 0.5) is 5.69 Å². The average molecular weight is 395 g/mol. The van der Waals surface area contributed by atoms with Gasteiger partial charge >= 0.3 is 11.9 Å². The summed E-state index contributed by atoms with van der Waals surface area (Å²) in [5.41, 5.74) is 4.16. The predicted molar refractivity (Wildman–Crippen MR) is 93.5 cm³/mol. The lowest BCUT2D eigenvalue weighted by Crippen LogP contribution is -2.80. The molecule has 0 bridgehead atoms. The fourth-order valence-electron chi connectivity index (χ4n) is 3.21. The molecule has 0 saturated carbocycles. The number of aliphatic carboxylic acids is 1. The Labute approximate surface area is 157 Å². The van der Waals surface area contributed by atoms with Crippen molar-refractivity contribution in [1.29, 1.82) is 0 Å². The molecule has 0 radical (unpaired) electrons. The highest BCUT2D eigenvalue weighted by molar-refractivity contribution is 8.01. The first-order valence-corrected chi connectivity index (χ1v) is 8.81. The van der Waals surface area contributed by atoms with Gasteiger partial charge in [-0.05, 0) is 31.5 Å². The third kappa shape index (κ3) is 2.82. The Morgan fingerprint density at radius 1 is 1.37 bits per heavy atom. The standard InChI is InChI=1S/C16H17N3O7S/c1-15(2)10(18-12(21)16(17,14(22)23)13(18)27-15)11(20)26-7-8-3-5-9(6-4-8)19(24)25/h3-6,10,13H,7,17H2,1-2H3,(H,22,23)/t10-,13+,16?/m0/s1. The summed E-state index contributed by atoms with van der Waals surface area (Å²) in [5.74, 6) is -2.94. The van der Waals surface area contributed by atoms with Gasteiger partial charge in [0.05, 0.1) is 4.92 Å². The molecule has 0 aliphatic carbocycles. The van der Waals surface area contributed by atoms with E-state index in [0.29, 0.717) is 5.56 Å². The summed E-state index contributed by atoms with van der Waals surface area (Å²) in [4.78, 5) is 47.6. The molecule has 1 unspecified atom stereocenters. The van der Waals surface area contributed by atoms with E-state index in [-0.39, 0.29) is 12.3 Å². The van der Waals surface area contributed by atoms with Crippen LogP contribution in [0, 0.1) is 10.1 Å². The zero-order valence-electron chi connectivity index (χ0n) is 14.4. The van der Waals surface area contributed by atoms with Crippen molar-refractivity contribution in [2.24, 2.45) is 5.73 Å². The Morgan fingerprint density at radius 3 is 2.48 bits per heavy atom. The van der Waals surface area contributed by atoms with Crippen LogP contribution >= 0.6 is 11.8 Å². The Hall–Kier alpha value is -2.66. The number of carbonyl (C=O) groups is 3. The van der Waals surface area contributed by atoms with Crippen molar-refractivity contribution in [3.05, 3.63) is 39.9 Å². The van der Waals surface area contributed by atoms with Gasteiger partial charge in [0.2, 0.25) is 5.54 Å². The number of esters is 1. The SMILES string of the molecule is CC1(C)S[C@H]2N(C(=O)C2(N)C(=O)O)[C@H]1C(=O)OCc1ccc([N+](=O)[O-])cc1. The molecule has 11 heteroatoms. The third-order valence-corrected chi connectivity index (χ3v) is 6.34. The molecule has 2 aliphatic rings. The lowest BCUT2D eigenvalue weighted by atomic mass is 9.85. The maximum atomic E-state index is 12.6. The first kappa shape index (κ1) is 19.1. The number of ether oxygens (including phenoxy) is 1. The second-order valence-electron chi connectivity index (χ2n) is 6.89. The number of carbonyl (C=O) groups excluding carboxylic acids is 2. The fraction of sp³-hybridized carbons (Fsp3) is 0.438. The molecule has 144 valence electrons. The number of nitro groups is 1. The van der Waals surface area contributed by atoms with Crippen LogP contribution in [-0.4, -0.2) is 54.5 Å². The van der Waals surface area contributed by atoms with Crippen LogP contribution in [0.15, 0.2) is 24.3 Å². The molecule has 1 amide bonds. The van der Waals surface area contributed by atoms with E-state index in [0.717, 1.165) is 16.7 Å². The number of carboxylic acid groups (broad SMARTS) is 1. The van der Waals surface area contributed by atoms with Crippen LogP contribution in [0.5, 0.6) is 0 Å². The number of nitro benzene ring substituents is 1. The van der Waals surface area contributed by atoms with Gasteiger partial charge < -0.3 is 20.5 Å². The average Bonchev–Trinajstić information content (AvgIpc) is 2.88. The fourth-order valence-corrected chi connectivity index (χ4v) is 4.84. The van der Waals surface area contributed by atoms with Crippen molar-refractivity contribution >= 4 is 35.3 Å². The minimum atomic E-state index is -2.05. The van der Waals surface area contributed by atoms with E-state index in [2.05, 4.69) is 0 Å². The number of fused-ring (bicyclic) bond motifs is 1. The number of nitrogens with two attached hydrogens (primary N) is 1. The Bertz CT molecular complexity index is 841. The number of rotatable bonds is 5. The molecule has 1 aromatic carbocycles. The highest BCUT2D eigenvalue weighted by Gasteiger charge is 2.73. The summed E-state index contributed by atoms with van der Waals surface area (Å²) in [5, 5.41) is 19.1. The number of β-lactam (4-membered cyclic amide) rings is 1. The number of amides is 1. The highest BCUT2D eigenvalue weighted by atomic mass is 32.2. The Morgan fingerprint density at radius 2 is 1.96 bits per heavy atom. The van der Waals surface area contributed by atoms with E-state index in [1.807, 2.05) is 0 Å². The van der Waals surface area contributed by atoms with Crippen LogP contribution in [0.25, 0.3) is 0 Å². The summed E-state index contributed by atoms with van der Waals surface area (Å²) < 4.78 is 4.49. The third-order valence-electron chi connectivity index (χ3n) is 4.69. The minimum absolute atomic E-state index is 0.0830. The molecule has 2 fully saturated rings. The number of non-ortho nitro benzene ring substituents is 1. The first-order chi connectivity index (χ1) is 12.5. The van der Waals surface area contributed by atoms with Crippen molar-refractivity contribution in [3.63, 3.8) is 0 Å². The van der Waals surface area contributed by atoms with E-state index in [9.17, 15) is 29.6 Å². The molecular weight excluding hydrogens is 378 g/mol. The smallest absolute Gasteiger partial charge is 0.336 e. The summed E-state index contributed by atoms with van der Waals surface area (Å²) in [6.45, 7) is 3.29. The molecule has 3 rings (SSSR count). The topological polar surface area (TPSA) is 153 Å². The second-order valence-corrected chi connectivity index (χ2v) is 8.63. The minimum Gasteiger partial charge on any atom is -0.479 e. The van der Waals surface area contributed by atoms with Gasteiger partial charge in [-0.3, -0.25) is 14.9 Å². The summed E-state index contributed by atoms with van der Waals surface area (Å²) >= 11 is 1.14. The van der Waals surface area contributed by atoms with Crippen molar-refractivity contribution in [1.82, 2.24) is 4.90 Å². The molecule has 0 spiro atoms. The normalized spacial score (nSPS) is 28.3. The van der Waals surface area contributed by atoms with Crippen LogP contribution in [0.1, 0.15) is 19.4 Å². The van der Waals surface area contributed by atoms with E-state index in [4.69, 9.17) is 10.5 Å². The number of hydrogen-bond acceptors (Lipinski definition) is 8. The molecule has 3 N–H and O–H groups in total. The molecule has 3 atom stereocenters. The van der Waals surface area contributed by atoms with E-state index in [1.165, 1.54) is 24.3 Å². The molecular formula is C16H17N3O7S. The number of benzene rings is 1. The van der Waals surface area contributed by atoms with Crippen molar-refractivity contribution in [2.45, 2.75) is 42.2 Å². The van der Waals surface area contributed by atoms with Gasteiger partial charge in [-0.1, -0.05) is 0 Å². The zero-order valence-corrected chi connectivity index (χ0v) is 15.3. The van der Waals surface area contributed by atoms with Gasteiger partial charge in [0.25, 0.3) is 11.6 Å². The molecule has 27 heavy (non-hydrogen) atoms. The van der Waals surface area contributed by atoms with Crippen LogP contribution in [-0.2, 0) is 25.7 Å². The molecule has 1 aromatic rings. The van der Waals surface area contributed by atoms with Crippen LogP contribution in [0.2, 0.25) is 0 Å². The predicted octanol–water partition coefficient (Wildman–Crippen LogP) is 0.482. The van der Waals surface area contributed by atoms with Crippen LogP contribution < -0.4 is 5.73 Å². The Balaban J connectivity index is 1.72. The Kier molecular flexibility index (Phi) is 4.39. The number of hydrogen-bond donors (Lipinski definition) is 2. The number of thioether (sulfide) groups is 1. The quantitative estimate of drug-likeness (QED) is 0.238. The maximum Gasteiger partial charge on any atom is 0.336 e. The summed E-state index contributed by atoms with van der Waals surface area (Å²) in [6, 6.07) is 4.54. The van der Waals surface area contributed by atoms with Gasteiger partial charge in [-0.25, -0.2) is 9.59 Å². The van der Waals surface area contributed by atoms with Crippen molar-refractivity contribution < 1.29 is 29.2 Å². The van der Waals surface area contributed by atoms with E-state index >= 15 is 0 Å². The van der Waals surface area contributed by atoms with Crippen molar-refractivity contribution in [2.75, 3.05) is 0 Å². The van der Waals surface area contributed by atoms with Gasteiger partial charge in [0, 0.05) is 16.9 Å². The molecule has 2 aliphatic heterocycles. The number of nitrogens with zero attached hydrogens (tertiary/aromatic N) is 2. The van der Waals surface area contributed by atoms with Gasteiger partial charge in [0.1, 0.15) is 18.0 Å². The van der Waals surface area contributed by atoms with Gasteiger partial charge in [0.15, 0.2) is 0 Å². The van der Waals surface area contributed by atoms with Gasteiger partial charge in [-0.2, -0.15) is 0 Å².